The number of halogens is 1. The topological polar surface area (TPSA) is 49.4 Å². The van der Waals surface area contributed by atoms with Crippen LogP contribution in [0.3, 0.4) is 0 Å². The second-order valence-corrected chi connectivity index (χ2v) is 5.03. The van der Waals surface area contributed by atoms with Crippen LogP contribution in [0.15, 0.2) is 35.7 Å². The van der Waals surface area contributed by atoms with Crippen molar-refractivity contribution in [3.8, 4) is 0 Å². The number of nitrogens with zero attached hydrogens (tertiary/aromatic N) is 1. The van der Waals surface area contributed by atoms with Gasteiger partial charge in [-0.05, 0) is 37.1 Å². The van der Waals surface area contributed by atoms with Gasteiger partial charge in [-0.3, -0.25) is 14.5 Å². The van der Waals surface area contributed by atoms with Crippen LogP contribution in [0.1, 0.15) is 47.4 Å². The molecular formula is C17H21FN2O2. The standard InChI is InChI=1S/C15H15FN2O2.C2H6/c16-13(10-4-3-7-17-8-10)9-18-14(19)11-5-1-2-6-12(11)15(18)20;1-2/h1-2,5-6,17H,3-4,7-9H2;1-2H3/b13-10+;. The highest BCUT2D eigenvalue weighted by Crippen LogP contribution is 2.25. The Morgan fingerprint density at radius 1 is 1.18 bits per heavy atom. The van der Waals surface area contributed by atoms with Gasteiger partial charge in [0.25, 0.3) is 11.8 Å². The van der Waals surface area contributed by atoms with Gasteiger partial charge in [0.15, 0.2) is 0 Å². The quantitative estimate of drug-likeness (QED) is 0.855. The highest BCUT2D eigenvalue weighted by molar-refractivity contribution is 6.21. The number of carbonyl (C=O) groups excluding carboxylic acids is 2. The lowest BCUT2D eigenvalue weighted by molar-refractivity contribution is 0.0659. The molecule has 0 radical (unpaired) electrons. The number of benzene rings is 1. The van der Waals surface area contributed by atoms with Crippen molar-refractivity contribution in [2.75, 3.05) is 19.6 Å². The van der Waals surface area contributed by atoms with E-state index >= 15 is 0 Å². The molecule has 118 valence electrons. The van der Waals surface area contributed by atoms with Gasteiger partial charge in [-0.25, -0.2) is 4.39 Å². The SMILES string of the molecule is CC.O=C1c2ccccc2C(=O)N1C/C(F)=C1/CCCNC1. The molecular weight excluding hydrogens is 283 g/mol. The molecule has 0 aromatic heterocycles. The van der Waals surface area contributed by atoms with E-state index in [1.54, 1.807) is 24.3 Å². The Kier molecular flexibility index (Phi) is 5.44. The number of rotatable bonds is 2. The van der Waals surface area contributed by atoms with Gasteiger partial charge < -0.3 is 5.32 Å². The van der Waals surface area contributed by atoms with E-state index in [-0.39, 0.29) is 12.4 Å². The van der Waals surface area contributed by atoms with Crippen LogP contribution < -0.4 is 5.32 Å². The summed E-state index contributed by atoms with van der Waals surface area (Å²) in [5, 5.41) is 3.09. The summed E-state index contributed by atoms with van der Waals surface area (Å²) in [6.07, 6.45) is 1.56. The summed E-state index contributed by atoms with van der Waals surface area (Å²) in [4.78, 5) is 25.2. The average molecular weight is 304 g/mol. The molecule has 0 aliphatic carbocycles. The number of hydrogen-bond donors (Lipinski definition) is 1. The maximum absolute atomic E-state index is 14.2. The largest absolute Gasteiger partial charge is 0.313 e. The average Bonchev–Trinajstić information content (AvgIpc) is 2.83. The van der Waals surface area contributed by atoms with Crippen molar-refractivity contribution in [2.45, 2.75) is 26.7 Å². The van der Waals surface area contributed by atoms with Crippen LogP contribution in [0.5, 0.6) is 0 Å². The van der Waals surface area contributed by atoms with Gasteiger partial charge >= 0.3 is 0 Å². The molecule has 4 nitrogen and oxygen atoms in total. The van der Waals surface area contributed by atoms with Crippen LogP contribution >= 0.6 is 0 Å². The van der Waals surface area contributed by atoms with Crippen molar-refractivity contribution in [3.05, 3.63) is 46.8 Å². The Morgan fingerprint density at radius 3 is 2.27 bits per heavy atom. The number of fused-ring (bicyclic) bond motifs is 1. The highest BCUT2D eigenvalue weighted by atomic mass is 19.1. The van der Waals surface area contributed by atoms with Crippen LogP contribution in [-0.4, -0.2) is 36.3 Å². The lowest BCUT2D eigenvalue weighted by Gasteiger charge is -2.19. The van der Waals surface area contributed by atoms with Crippen LogP contribution in [-0.2, 0) is 0 Å². The minimum absolute atomic E-state index is 0.261. The number of carbonyl (C=O) groups is 2. The first-order valence-electron chi connectivity index (χ1n) is 7.71. The third-order valence-electron chi connectivity index (χ3n) is 3.73. The Morgan fingerprint density at radius 2 is 1.77 bits per heavy atom. The van der Waals surface area contributed by atoms with Crippen LogP contribution in [0.2, 0.25) is 0 Å². The molecule has 1 fully saturated rings. The molecule has 2 aliphatic heterocycles. The van der Waals surface area contributed by atoms with Gasteiger partial charge in [-0.15, -0.1) is 0 Å². The van der Waals surface area contributed by atoms with Gasteiger partial charge in [-0.1, -0.05) is 26.0 Å². The Labute approximate surface area is 130 Å². The van der Waals surface area contributed by atoms with Gasteiger partial charge in [-0.2, -0.15) is 0 Å². The summed E-state index contributed by atoms with van der Waals surface area (Å²) in [5.41, 5.74) is 1.38. The second-order valence-electron chi connectivity index (χ2n) is 5.03. The molecule has 2 aliphatic rings. The maximum atomic E-state index is 14.2. The zero-order chi connectivity index (χ0) is 16.1. The van der Waals surface area contributed by atoms with Gasteiger partial charge in [0.05, 0.1) is 17.7 Å². The summed E-state index contributed by atoms with van der Waals surface area (Å²) in [5.74, 6) is -1.19. The van der Waals surface area contributed by atoms with Crippen LogP contribution in [0, 0.1) is 0 Å². The van der Waals surface area contributed by atoms with Crippen molar-refractivity contribution in [1.29, 1.82) is 0 Å². The molecule has 0 atom stereocenters. The molecule has 1 aromatic carbocycles. The highest BCUT2D eigenvalue weighted by Gasteiger charge is 2.35. The van der Waals surface area contributed by atoms with Gasteiger partial charge in [0, 0.05) is 6.54 Å². The van der Waals surface area contributed by atoms with Crippen molar-refractivity contribution in [2.24, 2.45) is 0 Å². The van der Waals surface area contributed by atoms with Crippen molar-refractivity contribution in [3.63, 3.8) is 0 Å². The Bertz CT molecular complexity index is 567. The van der Waals surface area contributed by atoms with E-state index in [1.165, 1.54) is 0 Å². The lowest BCUT2D eigenvalue weighted by atomic mass is 10.1. The van der Waals surface area contributed by atoms with E-state index < -0.39 is 11.8 Å². The van der Waals surface area contributed by atoms with Gasteiger partial charge in [0.2, 0.25) is 0 Å². The molecule has 22 heavy (non-hydrogen) atoms. The third-order valence-corrected chi connectivity index (χ3v) is 3.73. The fraction of sp³-hybridized carbons (Fsp3) is 0.412. The van der Waals surface area contributed by atoms with Gasteiger partial charge in [0.1, 0.15) is 5.83 Å². The molecule has 1 aromatic rings. The van der Waals surface area contributed by atoms with Crippen LogP contribution in [0.4, 0.5) is 4.39 Å². The predicted molar refractivity (Wildman–Crippen MR) is 83.4 cm³/mol. The fourth-order valence-electron chi connectivity index (χ4n) is 2.62. The van der Waals surface area contributed by atoms with Crippen molar-refractivity contribution < 1.29 is 14.0 Å². The minimum atomic E-state index is -0.412. The van der Waals surface area contributed by atoms with E-state index in [4.69, 9.17) is 0 Å². The number of nitrogens with one attached hydrogen (secondary N) is 1. The zero-order valence-corrected chi connectivity index (χ0v) is 13.0. The number of imide groups is 1. The number of amides is 2. The first-order chi connectivity index (χ1) is 10.7. The number of piperidine rings is 1. The van der Waals surface area contributed by atoms with E-state index in [9.17, 15) is 14.0 Å². The monoisotopic (exact) mass is 304 g/mol. The molecule has 2 heterocycles. The third kappa shape index (κ3) is 3.09. The smallest absolute Gasteiger partial charge is 0.261 e. The molecule has 0 saturated carbocycles. The fourth-order valence-corrected chi connectivity index (χ4v) is 2.62. The predicted octanol–water partition coefficient (Wildman–Crippen LogP) is 2.92. The van der Waals surface area contributed by atoms with E-state index in [2.05, 4.69) is 5.32 Å². The molecule has 0 bridgehead atoms. The van der Waals surface area contributed by atoms with E-state index in [0.717, 1.165) is 17.9 Å². The molecule has 1 saturated heterocycles. The maximum Gasteiger partial charge on any atom is 0.261 e. The molecule has 1 N–H and O–H groups in total. The first-order valence-corrected chi connectivity index (χ1v) is 7.71. The molecule has 0 spiro atoms. The molecule has 0 unspecified atom stereocenters. The lowest BCUT2D eigenvalue weighted by Crippen LogP contribution is -2.32. The Hall–Kier alpha value is -2.01. The molecule has 2 amide bonds. The summed E-state index contributed by atoms with van der Waals surface area (Å²) in [7, 11) is 0. The van der Waals surface area contributed by atoms with Crippen molar-refractivity contribution in [1.82, 2.24) is 10.2 Å². The second kappa shape index (κ2) is 7.31. The van der Waals surface area contributed by atoms with E-state index in [1.807, 2.05) is 13.8 Å². The Balaban J connectivity index is 0.000000847. The molecule has 3 rings (SSSR count). The summed E-state index contributed by atoms with van der Waals surface area (Å²) in [6.45, 7) is 5.11. The summed E-state index contributed by atoms with van der Waals surface area (Å²) < 4.78 is 14.2. The normalized spacial score (nSPS) is 19.5. The minimum Gasteiger partial charge on any atom is -0.313 e. The zero-order valence-electron chi connectivity index (χ0n) is 13.0. The summed E-state index contributed by atoms with van der Waals surface area (Å²) in [6, 6.07) is 6.60. The van der Waals surface area contributed by atoms with E-state index in [0.29, 0.717) is 29.7 Å². The summed E-state index contributed by atoms with van der Waals surface area (Å²) >= 11 is 0. The molecule has 5 heteroatoms. The number of hydrogen-bond acceptors (Lipinski definition) is 3. The first kappa shape index (κ1) is 16.4. The van der Waals surface area contributed by atoms with Crippen molar-refractivity contribution >= 4 is 11.8 Å². The van der Waals surface area contributed by atoms with Crippen LogP contribution in [0.25, 0.3) is 0 Å².